The number of carbonyl (C=O) groups is 2. The van der Waals surface area contributed by atoms with Crippen molar-refractivity contribution in [2.75, 3.05) is 0 Å². The van der Waals surface area contributed by atoms with E-state index < -0.39 is 11.7 Å². The average Bonchev–Trinajstić information content (AvgIpc) is 2.41. The van der Waals surface area contributed by atoms with Gasteiger partial charge in [-0.25, -0.2) is 0 Å². The number of ketones is 1. The molecule has 4 heteroatoms. The summed E-state index contributed by atoms with van der Waals surface area (Å²) < 4.78 is 0. The Hall–Kier alpha value is -2.10. The lowest BCUT2D eigenvalue weighted by molar-refractivity contribution is -0.114. The predicted octanol–water partition coefficient (Wildman–Crippen LogP) is 0.637. The topological polar surface area (TPSA) is 80.4 Å². The largest absolute Gasteiger partial charge is 0.506 e. The maximum absolute atomic E-state index is 11.5. The summed E-state index contributed by atoms with van der Waals surface area (Å²) in [6.07, 6.45) is 0. The van der Waals surface area contributed by atoms with Crippen LogP contribution in [0.4, 0.5) is 0 Å². The number of carbonyl (C=O) groups excluding carboxylic acids is 2. The Labute approximate surface area is 79.7 Å². The van der Waals surface area contributed by atoms with Gasteiger partial charge in [0.1, 0.15) is 11.3 Å². The first-order valence-corrected chi connectivity index (χ1v) is 4.00. The van der Waals surface area contributed by atoms with Gasteiger partial charge in [0.25, 0.3) is 5.91 Å². The molecule has 0 aliphatic heterocycles. The van der Waals surface area contributed by atoms with Crippen molar-refractivity contribution in [1.82, 2.24) is 0 Å². The van der Waals surface area contributed by atoms with Gasteiger partial charge in [-0.3, -0.25) is 9.59 Å². The molecule has 0 bridgehead atoms. The molecule has 1 aliphatic rings. The van der Waals surface area contributed by atoms with E-state index >= 15 is 0 Å². The van der Waals surface area contributed by atoms with E-state index in [4.69, 9.17) is 5.73 Å². The fourth-order valence-electron chi connectivity index (χ4n) is 1.49. The van der Waals surface area contributed by atoms with Crippen LogP contribution in [0.15, 0.2) is 29.8 Å². The average molecular weight is 189 g/mol. The zero-order valence-electron chi connectivity index (χ0n) is 7.15. The van der Waals surface area contributed by atoms with E-state index in [-0.39, 0.29) is 11.3 Å². The zero-order valence-corrected chi connectivity index (χ0v) is 7.15. The lowest BCUT2D eigenvalue weighted by Crippen LogP contribution is -2.19. The SMILES string of the molecule is NC(=O)C1=C(O)c2ccccc2C1=O. The molecule has 1 aromatic rings. The monoisotopic (exact) mass is 189 g/mol. The Morgan fingerprint density at radius 1 is 1.21 bits per heavy atom. The lowest BCUT2D eigenvalue weighted by atomic mass is 10.1. The van der Waals surface area contributed by atoms with E-state index in [0.29, 0.717) is 11.1 Å². The Bertz CT molecular complexity index is 474. The van der Waals surface area contributed by atoms with E-state index in [1.54, 1.807) is 24.3 Å². The summed E-state index contributed by atoms with van der Waals surface area (Å²) in [5.74, 6) is -1.73. The predicted molar refractivity (Wildman–Crippen MR) is 49.5 cm³/mol. The molecule has 0 unspecified atom stereocenters. The Morgan fingerprint density at radius 2 is 1.79 bits per heavy atom. The second kappa shape index (κ2) is 2.70. The molecule has 0 saturated heterocycles. The normalized spacial score (nSPS) is 14.4. The summed E-state index contributed by atoms with van der Waals surface area (Å²) in [4.78, 5) is 22.4. The maximum Gasteiger partial charge on any atom is 0.256 e. The van der Waals surface area contributed by atoms with Crippen LogP contribution < -0.4 is 5.73 Å². The number of primary amides is 1. The smallest absolute Gasteiger partial charge is 0.256 e. The van der Waals surface area contributed by atoms with Gasteiger partial charge in [0, 0.05) is 11.1 Å². The lowest BCUT2D eigenvalue weighted by Gasteiger charge is -1.95. The number of nitrogens with two attached hydrogens (primary N) is 1. The van der Waals surface area contributed by atoms with Gasteiger partial charge < -0.3 is 10.8 Å². The number of hydrogen-bond acceptors (Lipinski definition) is 3. The molecule has 70 valence electrons. The molecule has 1 aliphatic carbocycles. The standard InChI is InChI=1S/C10H7NO3/c11-10(14)7-8(12)5-3-1-2-4-6(5)9(7)13/h1-4,12H,(H2,11,14). The molecular formula is C10H7NO3. The molecule has 0 fully saturated rings. The number of hydrogen-bond donors (Lipinski definition) is 2. The van der Waals surface area contributed by atoms with Crippen molar-refractivity contribution in [2.24, 2.45) is 5.73 Å². The maximum atomic E-state index is 11.5. The zero-order chi connectivity index (χ0) is 10.3. The first-order chi connectivity index (χ1) is 6.63. The Balaban J connectivity index is 2.69. The van der Waals surface area contributed by atoms with Gasteiger partial charge in [0.2, 0.25) is 5.78 Å². The summed E-state index contributed by atoms with van der Waals surface area (Å²) >= 11 is 0. The van der Waals surface area contributed by atoms with E-state index in [0.717, 1.165) is 0 Å². The number of amides is 1. The quantitative estimate of drug-likeness (QED) is 0.636. The van der Waals surface area contributed by atoms with Crippen LogP contribution in [0.3, 0.4) is 0 Å². The third-order valence-electron chi connectivity index (χ3n) is 2.14. The number of aliphatic hydroxyl groups is 1. The molecular weight excluding hydrogens is 182 g/mol. The fraction of sp³-hybridized carbons (Fsp3) is 0. The van der Waals surface area contributed by atoms with Crippen LogP contribution in [0.1, 0.15) is 15.9 Å². The first kappa shape index (κ1) is 8.50. The van der Waals surface area contributed by atoms with E-state index in [2.05, 4.69) is 0 Å². The highest BCUT2D eigenvalue weighted by atomic mass is 16.3. The van der Waals surface area contributed by atoms with Gasteiger partial charge in [-0.05, 0) is 0 Å². The van der Waals surface area contributed by atoms with E-state index in [1.165, 1.54) is 0 Å². The van der Waals surface area contributed by atoms with Crippen LogP contribution in [-0.2, 0) is 4.79 Å². The summed E-state index contributed by atoms with van der Waals surface area (Å²) in [6, 6.07) is 6.45. The van der Waals surface area contributed by atoms with Gasteiger partial charge in [-0.15, -0.1) is 0 Å². The van der Waals surface area contributed by atoms with Gasteiger partial charge >= 0.3 is 0 Å². The van der Waals surface area contributed by atoms with Crippen molar-refractivity contribution in [1.29, 1.82) is 0 Å². The van der Waals surface area contributed by atoms with Crippen LogP contribution in [-0.4, -0.2) is 16.8 Å². The van der Waals surface area contributed by atoms with Crippen LogP contribution in [0.25, 0.3) is 5.76 Å². The van der Waals surface area contributed by atoms with Gasteiger partial charge in [-0.2, -0.15) is 0 Å². The number of fused-ring (bicyclic) bond motifs is 1. The van der Waals surface area contributed by atoms with E-state index in [9.17, 15) is 14.7 Å². The highest BCUT2D eigenvalue weighted by molar-refractivity contribution is 6.33. The van der Waals surface area contributed by atoms with Crippen molar-refractivity contribution in [2.45, 2.75) is 0 Å². The molecule has 0 heterocycles. The summed E-state index contributed by atoms with van der Waals surface area (Å²) in [5, 5.41) is 9.54. The van der Waals surface area contributed by atoms with Gasteiger partial charge in [0.05, 0.1) is 0 Å². The number of benzene rings is 1. The molecule has 0 atom stereocenters. The highest BCUT2D eigenvalue weighted by Crippen LogP contribution is 2.30. The highest BCUT2D eigenvalue weighted by Gasteiger charge is 2.32. The van der Waals surface area contributed by atoms with Crippen LogP contribution in [0.2, 0.25) is 0 Å². The summed E-state index contributed by atoms with van der Waals surface area (Å²) in [5.41, 5.74) is 5.34. The van der Waals surface area contributed by atoms with E-state index in [1.807, 2.05) is 0 Å². The van der Waals surface area contributed by atoms with Gasteiger partial charge in [0.15, 0.2) is 0 Å². The minimum atomic E-state index is -0.899. The van der Waals surface area contributed by atoms with Crippen molar-refractivity contribution < 1.29 is 14.7 Å². The molecule has 2 rings (SSSR count). The second-order valence-corrected chi connectivity index (χ2v) is 2.96. The van der Waals surface area contributed by atoms with Crippen LogP contribution >= 0.6 is 0 Å². The number of aliphatic hydroxyl groups excluding tert-OH is 1. The number of rotatable bonds is 1. The minimum Gasteiger partial charge on any atom is -0.506 e. The molecule has 1 amide bonds. The molecule has 0 radical (unpaired) electrons. The molecule has 0 aromatic heterocycles. The Kier molecular flexibility index (Phi) is 1.64. The third-order valence-corrected chi connectivity index (χ3v) is 2.14. The molecule has 4 nitrogen and oxygen atoms in total. The van der Waals surface area contributed by atoms with Crippen molar-refractivity contribution in [3.63, 3.8) is 0 Å². The summed E-state index contributed by atoms with van der Waals surface area (Å²) in [6.45, 7) is 0. The van der Waals surface area contributed by atoms with Crippen molar-refractivity contribution >= 4 is 17.4 Å². The fourth-order valence-corrected chi connectivity index (χ4v) is 1.49. The molecule has 0 saturated carbocycles. The second-order valence-electron chi connectivity index (χ2n) is 2.96. The summed E-state index contributed by atoms with van der Waals surface area (Å²) in [7, 11) is 0. The first-order valence-electron chi connectivity index (χ1n) is 4.00. The van der Waals surface area contributed by atoms with Crippen LogP contribution in [0.5, 0.6) is 0 Å². The van der Waals surface area contributed by atoms with Gasteiger partial charge in [-0.1, -0.05) is 24.3 Å². The third kappa shape index (κ3) is 0.939. The molecule has 3 N–H and O–H groups in total. The molecule has 1 aromatic carbocycles. The molecule has 0 spiro atoms. The van der Waals surface area contributed by atoms with Crippen molar-refractivity contribution in [3.8, 4) is 0 Å². The Morgan fingerprint density at radius 3 is 2.29 bits per heavy atom. The number of Topliss-reactive ketones (excluding diaryl/α,β-unsaturated/α-hetero) is 1. The molecule has 14 heavy (non-hydrogen) atoms. The van der Waals surface area contributed by atoms with Crippen molar-refractivity contribution in [3.05, 3.63) is 41.0 Å². The minimum absolute atomic E-state index is 0.318. The van der Waals surface area contributed by atoms with Crippen LogP contribution in [0, 0.1) is 0 Å².